The topological polar surface area (TPSA) is 63.8 Å². The van der Waals surface area contributed by atoms with Crippen molar-refractivity contribution in [3.63, 3.8) is 0 Å². The van der Waals surface area contributed by atoms with Gasteiger partial charge in [0.15, 0.2) is 0 Å². The Morgan fingerprint density at radius 3 is 0.905 bits per heavy atom. The Hall–Kier alpha value is -0.240. The van der Waals surface area contributed by atoms with Gasteiger partial charge in [0.05, 0.1) is 6.73 Å². The van der Waals surface area contributed by atoms with E-state index in [2.05, 4.69) is 30.2 Å². The first-order chi connectivity index (χ1) is 7.24. The van der Waals surface area contributed by atoms with E-state index in [-0.39, 0.29) is 44.6 Å². The van der Waals surface area contributed by atoms with Gasteiger partial charge >= 0.3 is 0 Å². The molecular formula is C15H51N3O3. The minimum Gasteiger partial charge on any atom is -0.370 e. The van der Waals surface area contributed by atoms with E-state index in [0.29, 0.717) is 13.5 Å². The molecule has 0 saturated carbocycles. The maximum absolute atomic E-state index is 4.58. The van der Waals surface area contributed by atoms with Gasteiger partial charge in [0, 0.05) is 28.0 Å². The third kappa shape index (κ3) is 188. The van der Waals surface area contributed by atoms with Crippen LogP contribution in [0.3, 0.4) is 0 Å². The lowest BCUT2D eigenvalue weighted by Gasteiger charge is -1.88. The molecule has 3 N–H and O–H groups in total. The fourth-order valence-corrected chi connectivity index (χ4v) is 0.439. The highest BCUT2D eigenvalue weighted by atomic mass is 16.6. The first-order valence-electron chi connectivity index (χ1n) is 4.65. The van der Waals surface area contributed by atoms with E-state index < -0.39 is 0 Å². The summed E-state index contributed by atoms with van der Waals surface area (Å²) in [5.41, 5.74) is 0. The van der Waals surface area contributed by atoms with E-state index in [4.69, 9.17) is 0 Å². The maximum Gasteiger partial charge on any atom is 0.145 e. The van der Waals surface area contributed by atoms with Crippen LogP contribution in [0.1, 0.15) is 44.6 Å². The number of hydrogen-bond acceptors (Lipinski definition) is 6. The summed E-state index contributed by atoms with van der Waals surface area (Å²) in [7, 11) is 10.5. The molecule has 0 saturated heterocycles. The zero-order valence-electron chi connectivity index (χ0n) is 10.8. The Labute approximate surface area is 138 Å². The van der Waals surface area contributed by atoms with Crippen molar-refractivity contribution in [2.45, 2.75) is 44.6 Å². The van der Waals surface area contributed by atoms with Crippen molar-refractivity contribution in [1.82, 2.24) is 16.0 Å². The summed E-state index contributed by atoms with van der Waals surface area (Å²) in [6, 6.07) is 0. The minimum absolute atomic E-state index is 0. The number of rotatable bonds is 6. The molecular weight excluding hydrogens is 270 g/mol. The zero-order chi connectivity index (χ0) is 12.4. The summed E-state index contributed by atoms with van der Waals surface area (Å²) in [6.45, 7) is 1.92. The number of hydrogen-bond donors (Lipinski definition) is 3. The van der Waals surface area contributed by atoms with Crippen LogP contribution in [-0.4, -0.2) is 62.7 Å². The van der Waals surface area contributed by atoms with Gasteiger partial charge in [0.2, 0.25) is 0 Å². The quantitative estimate of drug-likeness (QED) is 0.653. The van der Waals surface area contributed by atoms with E-state index in [1.54, 1.807) is 21.3 Å². The second-order valence-electron chi connectivity index (χ2n) is 2.37. The number of methoxy groups -OCH3 is 3. The molecule has 0 unspecified atom stereocenters. The second kappa shape index (κ2) is 90.6. The first kappa shape index (κ1) is 58.6. The van der Waals surface area contributed by atoms with Crippen molar-refractivity contribution in [3.05, 3.63) is 0 Å². The van der Waals surface area contributed by atoms with Crippen molar-refractivity contribution in [1.29, 1.82) is 0 Å². The molecule has 0 aromatic rings. The third-order valence-corrected chi connectivity index (χ3v) is 0.878. The monoisotopic (exact) mass is 321 g/mol. The van der Waals surface area contributed by atoms with Crippen LogP contribution in [0.2, 0.25) is 0 Å². The lowest BCUT2D eigenvalue weighted by Crippen LogP contribution is -2.21. The van der Waals surface area contributed by atoms with E-state index in [1.807, 2.05) is 21.1 Å². The van der Waals surface area contributed by atoms with Crippen molar-refractivity contribution in [2.24, 2.45) is 0 Å². The summed E-state index contributed by atoms with van der Waals surface area (Å²) < 4.78 is 13.5. The largest absolute Gasteiger partial charge is 0.370 e. The molecule has 0 aliphatic heterocycles. The van der Waals surface area contributed by atoms with Crippen LogP contribution < -0.4 is 16.0 Å². The molecule has 21 heavy (non-hydrogen) atoms. The Morgan fingerprint density at radius 2 is 0.905 bits per heavy atom. The maximum atomic E-state index is 4.58. The molecule has 0 amide bonds. The Bertz CT molecular complexity index is 60.9. The van der Waals surface area contributed by atoms with Crippen molar-refractivity contribution < 1.29 is 14.2 Å². The van der Waals surface area contributed by atoms with Crippen LogP contribution in [0.25, 0.3) is 0 Å². The molecule has 0 aromatic carbocycles. The second-order valence-corrected chi connectivity index (χ2v) is 2.37. The molecule has 0 spiro atoms. The zero-order valence-corrected chi connectivity index (χ0v) is 10.8. The molecule has 0 fully saturated rings. The van der Waals surface area contributed by atoms with Gasteiger partial charge in [-0.15, -0.1) is 0 Å². The van der Waals surface area contributed by atoms with Crippen molar-refractivity contribution in [3.8, 4) is 0 Å². The normalized spacial score (nSPS) is 6.00. The van der Waals surface area contributed by atoms with Crippen molar-refractivity contribution >= 4 is 0 Å². The lowest BCUT2D eigenvalue weighted by molar-refractivity contribution is -0.00271. The molecule has 0 bridgehead atoms. The summed E-state index contributed by atoms with van der Waals surface area (Å²) in [5.74, 6) is 0. The predicted octanol–water partition coefficient (Wildman–Crippen LogP) is 3.25. The van der Waals surface area contributed by atoms with Crippen LogP contribution in [0.5, 0.6) is 0 Å². The van der Waals surface area contributed by atoms with Crippen LogP contribution in [-0.2, 0) is 14.2 Å². The molecule has 0 aliphatic rings. The average molecular weight is 322 g/mol. The van der Waals surface area contributed by atoms with Crippen LogP contribution in [0.15, 0.2) is 0 Å². The van der Waals surface area contributed by atoms with E-state index in [1.165, 1.54) is 0 Å². The fraction of sp³-hybridized carbons (Fsp3) is 1.00. The number of ether oxygens (including phenoxy) is 3. The van der Waals surface area contributed by atoms with Gasteiger partial charge in [-0.1, -0.05) is 44.6 Å². The Morgan fingerprint density at radius 1 is 0.571 bits per heavy atom. The fourth-order valence-electron chi connectivity index (χ4n) is 0.439. The van der Waals surface area contributed by atoms with E-state index in [0.717, 1.165) is 6.67 Å². The van der Waals surface area contributed by atoms with Crippen LogP contribution in [0, 0.1) is 0 Å². The standard InChI is InChI=1S/C3H10N2.C3H9NO.C3H8O2.6CH4/c3*1-4-3-5-2;;;;;;/h4-5H,3H2,1-2H3;4H,3H2,1-2H3;3H2,1-2H3;6*1H4. The van der Waals surface area contributed by atoms with Crippen LogP contribution in [0.4, 0.5) is 0 Å². The van der Waals surface area contributed by atoms with Gasteiger partial charge in [0.25, 0.3) is 0 Å². The number of nitrogens with one attached hydrogen (secondary N) is 3. The lowest BCUT2D eigenvalue weighted by atomic mass is 11.0. The molecule has 6 heteroatoms. The van der Waals surface area contributed by atoms with Crippen molar-refractivity contribution in [2.75, 3.05) is 62.7 Å². The average Bonchev–Trinajstić information content (AvgIpc) is 2.23. The molecule has 0 atom stereocenters. The van der Waals surface area contributed by atoms with E-state index in [9.17, 15) is 0 Å². The summed E-state index contributed by atoms with van der Waals surface area (Å²) in [6.07, 6.45) is 0. The predicted molar refractivity (Wildman–Crippen MR) is 103 cm³/mol. The first-order valence-corrected chi connectivity index (χ1v) is 4.65. The van der Waals surface area contributed by atoms with Gasteiger partial charge in [-0.25, -0.2) is 0 Å². The molecule has 0 radical (unpaired) electrons. The highest BCUT2D eigenvalue weighted by molar-refractivity contribution is 4.22. The molecule has 0 aromatic heterocycles. The minimum atomic E-state index is 0. The molecule has 6 nitrogen and oxygen atoms in total. The van der Waals surface area contributed by atoms with Crippen LogP contribution >= 0.6 is 0 Å². The van der Waals surface area contributed by atoms with Gasteiger partial charge < -0.3 is 24.8 Å². The highest BCUT2D eigenvalue weighted by Gasteiger charge is 1.63. The van der Waals surface area contributed by atoms with Gasteiger partial charge in [-0.05, 0) is 21.1 Å². The Kier molecular flexibility index (Phi) is 253. The summed E-state index contributed by atoms with van der Waals surface area (Å²) >= 11 is 0. The van der Waals surface area contributed by atoms with Gasteiger partial charge in [-0.3, -0.25) is 5.32 Å². The molecule has 0 rings (SSSR count). The molecule has 144 valence electrons. The third-order valence-electron chi connectivity index (χ3n) is 0.878. The van der Waals surface area contributed by atoms with E-state index >= 15 is 0 Å². The molecule has 0 heterocycles. The highest BCUT2D eigenvalue weighted by Crippen LogP contribution is 1.60. The summed E-state index contributed by atoms with van der Waals surface area (Å²) in [5, 5.41) is 8.61. The summed E-state index contributed by atoms with van der Waals surface area (Å²) in [4.78, 5) is 0. The SMILES string of the molecule is C.C.C.C.C.C.CNCNC.CNCOC.COCOC. The molecule has 0 aliphatic carbocycles. The van der Waals surface area contributed by atoms with Gasteiger partial charge in [0.1, 0.15) is 6.79 Å². The smallest absolute Gasteiger partial charge is 0.145 e. The Balaban J connectivity index is -0.0000000129. The van der Waals surface area contributed by atoms with Gasteiger partial charge in [-0.2, -0.15) is 0 Å².